The number of aromatic amines is 1. The number of pyridine rings is 1. The first-order chi connectivity index (χ1) is 12.6. The van der Waals surface area contributed by atoms with Gasteiger partial charge in [0.2, 0.25) is 5.91 Å². The number of aromatic nitrogens is 3. The van der Waals surface area contributed by atoms with Crippen molar-refractivity contribution in [3.63, 3.8) is 0 Å². The second-order valence-electron chi connectivity index (χ2n) is 6.53. The smallest absolute Gasteiger partial charge is 0.254 e. The van der Waals surface area contributed by atoms with E-state index in [1.54, 1.807) is 23.4 Å². The number of carbonyl (C=O) groups is 2. The average Bonchev–Trinajstić information content (AvgIpc) is 3.15. The third-order valence-corrected chi connectivity index (χ3v) is 4.83. The zero-order valence-corrected chi connectivity index (χ0v) is 14.2. The normalized spacial score (nSPS) is 17.4. The van der Waals surface area contributed by atoms with E-state index in [1.165, 1.54) is 0 Å². The summed E-state index contributed by atoms with van der Waals surface area (Å²) in [5.74, 6) is -0.600. The molecule has 1 unspecified atom stereocenters. The Balaban J connectivity index is 1.66. The van der Waals surface area contributed by atoms with Crippen LogP contribution in [0.1, 0.15) is 29.6 Å². The number of benzene rings is 1. The van der Waals surface area contributed by atoms with Crippen LogP contribution in [0.15, 0.2) is 42.7 Å². The molecule has 4 rings (SSSR count). The van der Waals surface area contributed by atoms with Gasteiger partial charge in [-0.05, 0) is 43.0 Å². The van der Waals surface area contributed by atoms with E-state index in [2.05, 4.69) is 15.2 Å². The van der Waals surface area contributed by atoms with Gasteiger partial charge < -0.3 is 10.6 Å². The fourth-order valence-corrected chi connectivity index (χ4v) is 3.46. The Labute approximate surface area is 150 Å². The Morgan fingerprint density at radius 2 is 2.04 bits per heavy atom. The van der Waals surface area contributed by atoms with Gasteiger partial charge >= 0.3 is 0 Å². The summed E-state index contributed by atoms with van der Waals surface area (Å²) in [6.07, 6.45) is 5.88. The predicted octanol–water partition coefficient (Wildman–Crippen LogP) is 2.10. The highest BCUT2D eigenvalue weighted by Gasteiger charge is 2.31. The number of fused-ring (bicyclic) bond motifs is 1. The van der Waals surface area contributed by atoms with Crippen LogP contribution < -0.4 is 5.73 Å². The minimum atomic E-state index is -0.524. The third-order valence-electron chi connectivity index (χ3n) is 4.83. The van der Waals surface area contributed by atoms with Crippen LogP contribution in [0.5, 0.6) is 0 Å². The molecule has 0 saturated carbocycles. The highest BCUT2D eigenvalue weighted by atomic mass is 16.2. The lowest BCUT2D eigenvalue weighted by atomic mass is 9.99. The molecule has 3 N–H and O–H groups in total. The number of hydrogen-bond donors (Lipinski definition) is 2. The average molecular weight is 349 g/mol. The molecule has 0 bridgehead atoms. The minimum absolute atomic E-state index is 0.160. The molecular formula is C19H19N5O2. The largest absolute Gasteiger partial charge is 0.368 e. The molecule has 3 aromatic rings. The van der Waals surface area contributed by atoms with Crippen LogP contribution in [0.3, 0.4) is 0 Å². The lowest BCUT2D eigenvalue weighted by Crippen LogP contribution is -2.50. The van der Waals surface area contributed by atoms with Gasteiger partial charge in [-0.25, -0.2) is 4.98 Å². The first-order valence-corrected chi connectivity index (χ1v) is 8.63. The molecule has 3 heterocycles. The quantitative estimate of drug-likeness (QED) is 0.755. The number of likely N-dealkylation sites (tertiary alicyclic amines) is 1. The number of nitrogens with one attached hydrogen (secondary N) is 1. The van der Waals surface area contributed by atoms with Gasteiger partial charge in [0.25, 0.3) is 5.91 Å². The van der Waals surface area contributed by atoms with Crippen molar-refractivity contribution in [1.82, 2.24) is 20.1 Å². The molecule has 2 amide bonds. The molecule has 1 aromatic carbocycles. The summed E-state index contributed by atoms with van der Waals surface area (Å²) in [6, 6.07) is 8.82. The molecule has 0 aliphatic carbocycles. The summed E-state index contributed by atoms with van der Waals surface area (Å²) in [5.41, 5.74) is 8.54. The minimum Gasteiger partial charge on any atom is -0.368 e. The van der Waals surface area contributed by atoms with E-state index >= 15 is 0 Å². The summed E-state index contributed by atoms with van der Waals surface area (Å²) in [5, 5.41) is 7.70. The van der Waals surface area contributed by atoms with Gasteiger partial charge in [-0.2, -0.15) is 5.10 Å². The summed E-state index contributed by atoms with van der Waals surface area (Å²) >= 11 is 0. The number of carbonyl (C=O) groups excluding carboxylic acids is 2. The number of H-pyrrole nitrogens is 1. The van der Waals surface area contributed by atoms with E-state index in [9.17, 15) is 9.59 Å². The molecule has 1 atom stereocenters. The lowest BCUT2D eigenvalue weighted by Gasteiger charge is -2.33. The van der Waals surface area contributed by atoms with Gasteiger partial charge in [0.1, 0.15) is 6.04 Å². The van der Waals surface area contributed by atoms with Gasteiger partial charge in [0.15, 0.2) is 5.65 Å². The number of nitrogens with two attached hydrogens (primary N) is 1. The lowest BCUT2D eigenvalue weighted by molar-refractivity contribution is -0.123. The summed E-state index contributed by atoms with van der Waals surface area (Å²) in [7, 11) is 0. The molecule has 0 radical (unpaired) electrons. The van der Waals surface area contributed by atoms with Crippen LogP contribution in [0, 0.1) is 0 Å². The van der Waals surface area contributed by atoms with Crippen molar-refractivity contribution in [1.29, 1.82) is 0 Å². The molecule has 0 spiro atoms. The topological polar surface area (TPSA) is 105 Å². The van der Waals surface area contributed by atoms with Gasteiger partial charge in [-0.3, -0.25) is 14.7 Å². The number of rotatable bonds is 3. The Morgan fingerprint density at radius 1 is 1.15 bits per heavy atom. The van der Waals surface area contributed by atoms with Crippen LogP contribution in [0.4, 0.5) is 0 Å². The SMILES string of the molecule is NC(=O)C1CCCCN1C(=O)c1cccc(-c2cnc3[nH]ncc3c2)c1. The van der Waals surface area contributed by atoms with E-state index in [0.29, 0.717) is 18.5 Å². The first-order valence-electron chi connectivity index (χ1n) is 8.63. The zero-order valence-electron chi connectivity index (χ0n) is 14.2. The molecule has 2 aromatic heterocycles. The van der Waals surface area contributed by atoms with Gasteiger partial charge in [-0.15, -0.1) is 0 Å². The summed E-state index contributed by atoms with van der Waals surface area (Å²) < 4.78 is 0. The number of nitrogens with zero attached hydrogens (tertiary/aromatic N) is 3. The van der Waals surface area contributed by atoms with E-state index < -0.39 is 11.9 Å². The molecular weight excluding hydrogens is 330 g/mol. The van der Waals surface area contributed by atoms with Gasteiger partial charge in [-0.1, -0.05) is 12.1 Å². The second kappa shape index (κ2) is 6.59. The molecule has 26 heavy (non-hydrogen) atoms. The Bertz CT molecular complexity index is 981. The molecule has 7 heteroatoms. The number of amides is 2. The van der Waals surface area contributed by atoms with Gasteiger partial charge in [0, 0.05) is 29.3 Å². The van der Waals surface area contributed by atoms with Crippen molar-refractivity contribution in [2.24, 2.45) is 5.73 Å². The standard InChI is InChI=1S/C19H19N5O2/c20-17(25)16-6-1-2-7-24(16)19(26)13-5-3-4-12(8-13)14-9-15-11-22-23-18(15)21-10-14/h3-5,8-11,16H,1-2,6-7H2,(H2,20,25)(H,21,22,23). The molecule has 1 aliphatic heterocycles. The van der Waals surface area contributed by atoms with E-state index in [1.807, 2.05) is 24.3 Å². The highest BCUT2D eigenvalue weighted by Crippen LogP contribution is 2.25. The van der Waals surface area contributed by atoms with Crippen LogP contribution in [-0.2, 0) is 4.79 Å². The summed E-state index contributed by atoms with van der Waals surface area (Å²) in [4.78, 5) is 30.6. The Morgan fingerprint density at radius 3 is 2.88 bits per heavy atom. The predicted molar refractivity (Wildman–Crippen MR) is 97.2 cm³/mol. The van der Waals surface area contributed by atoms with Crippen molar-refractivity contribution in [2.45, 2.75) is 25.3 Å². The fraction of sp³-hybridized carbons (Fsp3) is 0.263. The van der Waals surface area contributed by atoms with Crippen molar-refractivity contribution in [2.75, 3.05) is 6.54 Å². The zero-order chi connectivity index (χ0) is 18.1. The second-order valence-corrected chi connectivity index (χ2v) is 6.53. The Hall–Kier alpha value is -3.22. The molecule has 132 valence electrons. The van der Waals surface area contributed by atoms with Gasteiger partial charge in [0.05, 0.1) is 6.20 Å². The van der Waals surface area contributed by atoms with E-state index in [4.69, 9.17) is 5.73 Å². The van der Waals surface area contributed by atoms with Crippen molar-refractivity contribution < 1.29 is 9.59 Å². The maximum absolute atomic E-state index is 13.0. The first kappa shape index (κ1) is 16.3. The monoisotopic (exact) mass is 349 g/mol. The maximum Gasteiger partial charge on any atom is 0.254 e. The maximum atomic E-state index is 13.0. The number of piperidine rings is 1. The third kappa shape index (κ3) is 2.92. The number of primary amides is 1. The number of hydrogen-bond acceptors (Lipinski definition) is 4. The van der Waals surface area contributed by atoms with Crippen LogP contribution in [-0.4, -0.2) is 44.5 Å². The molecule has 1 fully saturated rings. The van der Waals surface area contributed by atoms with Crippen LogP contribution in [0.2, 0.25) is 0 Å². The highest BCUT2D eigenvalue weighted by molar-refractivity contribution is 5.98. The fourth-order valence-electron chi connectivity index (χ4n) is 3.46. The van der Waals surface area contributed by atoms with E-state index in [-0.39, 0.29) is 5.91 Å². The van der Waals surface area contributed by atoms with E-state index in [0.717, 1.165) is 35.0 Å². The van der Waals surface area contributed by atoms with Crippen molar-refractivity contribution >= 4 is 22.8 Å². The summed E-state index contributed by atoms with van der Waals surface area (Å²) in [6.45, 7) is 0.555. The molecule has 1 aliphatic rings. The van der Waals surface area contributed by atoms with Crippen LogP contribution >= 0.6 is 0 Å². The molecule has 7 nitrogen and oxygen atoms in total. The molecule has 1 saturated heterocycles. The van der Waals surface area contributed by atoms with Crippen LogP contribution in [0.25, 0.3) is 22.2 Å². The Kier molecular flexibility index (Phi) is 4.12. The van der Waals surface area contributed by atoms with Crippen molar-refractivity contribution in [3.8, 4) is 11.1 Å². The van der Waals surface area contributed by atoms with Crippen molar-refractivity contribution in [3.05, 3.63) is 48.3 Å².